The van der Waals surface area contributed by atoms with Crippen molar-refractivity contribution in [3.05, 3.63) is 30.1 Å². The van der Waals surface area contributed by atoms with Crippen molar-refractivity contribution in [2.45, 2.75) is 62.7 Å². The van der Waals surface area contributed by atoms with Crippen molar-refractivity contribution in [2.75, 3.05) is 36.9 Å². The van der Waals surface area contributed by atoms with Crippen LogP contribution in [0.3, 0.4) is 0 Å². The van der Waals surface area contributed by atoms with E-state index in [0.29, 0.717) is 30.5 Å². The molecule has 10 heteroatoms. The van der Waals surface area contributed by atoms with Gasteiger partial charge >= 0.3 is 0 Å². The molecule has 5 rings (SSSR count). The van der Waals surface area contributed by atoms with Gasteiger partial charge in [-0.1, -0.05) is 6.07 Å². The first kappa shape index (κ1) is 23.2. The molecule has 1 unspecified atom stereocenters. The van der Waals surface area contributed by atoms with E-state index in [1.165, 1.54) is 12.1 Å². The van der Waals surface area contributed by atoms with Crippen LogP contribution >= 0.6 is 0 Å². The number of nitrogens with one attached hydrogen (secondary N) is 2. The summed E-state index contributed by atoms with van der Waals surface area (Å²) in [6, 6.07) is 6.02. The van der Waals surface area contributed by atoms with Gasteiger partial charge in [0, 0.05) is 36.3 Å². The number of fused-ring (bicyclic) bond motifs is 3. The zero-order valence-corrected chi connectivity index (χ0v) is 19.7. The maximum atomic E-state index is 14.7. The SMILES string of the molecule is CN(C1CCNC(C)(C)C1)[C@H]1CN2c3cc(-c4cccc(F)c4O)nnc3NC[C@@]2(C(F)F)C1. The number of aromatic nitrogens is 2. The van der Waals surface area contributed by atoms with Crippen LogP contribution in [0.5, 0.6) is 5.75 Å². The van der Waals surface area contributed by atoms with Gasteiger partial charge in [0.2, 0.25) is 0 Å². The van der Waals surface area contributed by atoms with Crippen molar-refractivity contribution in [1.82, 2.24) is 20.4 Å². The van der Waals surface area contributed by atoms with Gasteiger partial charge in [-0.25, -0.2) is 13.2 Å². The number of piperidine rings is 1. The molecule has 0 aliphatic carbocycles. The van der Waals surface area contributed by atoms with Crippen LogP contribution in [0.1, 0.15) is 33.1 Å². The Morgan fingerprint density at radius 1 is 1.21 bits per heavy atom. The smallest absolute Gasteiger partial charge is 0.263 e. The molecule has 0 bridgehead atoms. The second kappa shape index (κ2) is 8.27. The lowest BCUT2D eigenvalue weighted by Crippen LogP contribution is -2.57. The molecular formula is C24H31F3N6O. The van der Waals surface area contributed by atoms with Crippen molar-refractivity contribution in [1.29, 1.82) is 0 Å². The number of nitrogens with zero attached hydrogens (tertiary/aromatic N) is 4. The maximum absolute atomic E-state index is 14.7. The van der Waals surface area contributed by atoms with Gasteiger partial charge in [-0.15, -0.1) is 10.2 Å². The highest BCUT2D eigenvalue weighted by molar-refractivity contribution is 5.77. The molecule has 34 heavy (non-hydrogen) atoms. The Morgan fingerprint density at radius 2 is 2.00 bits per heavy atom. The Morgan fingerprint density at radius 3 is 2.74 bits per heavy atom. The first-order chi connectivity index (χ1) is 16.1. The van der Waals surface area contributed by atoms with E-state index < -0.39 is 23.5 Å². The van der Waals surface area contributed by atoms with E-state index in [-0.39, 0.29) is 29.4 Å². The summed E-state index contributed by atoms with van der Waals surface area (Å²) in [5, 5.41) is 25.1. The average Bonchev–Trinajstić information content (AvgIpc) is 3.21. The summed E-state index contributed by atoms with van der Waals surface area (Å²) in [5.41, 5.74) is -0.456. The van der Waals surface area contributed by atoms with Crippen LogP contribution in [-0.2, 0) is 0 Å². The molecule has 184 valence electrons. The number of para-hydroxylation sites is 1. The summed E-state index contributed by atoms with van der Waals surface area (Å²) < 4.78 is 43.3. The predicted molar refractivity (Wildman–Crippen MR) is 125 cm³/mol. The topological polar surface area (TPSA) is 76.5 Å². The summed E-state index contributed by atoms with van der Waals surface area (Å²) >= 11 is 0. The van der Waals surface area contributed by atoms with Crippen LogP contribution in [0.15, 0.2) is 24.3 Å². The number of benzene rings is 1. The Bertz CT molecular complexity index is 1080. The van der Waals surface area contributed by atoms with Gasteiger partial charge in [0.05, 0.1) is 11.4 Å². The number of likely N-dealkylation sites (N-methyl/N-ethyl adjacent to an activating group) is 1. The molecule has 0 saturated carbocycles. The molecule has 3 aliphatic rings. The van der Waals surface area contributed by atoms with Gasteiger partial charge in [-0.05, 0) is 64.9 Å². The number of alkyl halides is 2. The summed E-state index contributed by atoms with van der Waals surface area (Å²) in [6.07, 6.45) is -0.331. The lowest BCUT2D eigenvalue weighted by Gasteiger charge is -2.43. The Labute approximate surface area is 197 Å². The Balaban J connectivity index is 1.49. The van der Waals surface area contributed by atoms with E-state index in [0.717, 1.165) is 25.5 Å². The highest BCUT2D eigenvalue weighted by Crippen LogP contribution is 2.47. The van der Waals surface area contributed by atoms with Crippen molar-refractivity contribution in [2.24, 2.45) is 0 Å². The van der Waals surface area contributed by atoms with E-state index >= 15 is 0 Å². The quantitative estimate of drug-likeness (QED) is 0.624. The second-order valence-corrected chi connectivity index (χ2v) is 10.4. The summed E-state index contributed by atoms with van der Waals surface area (Å²) in [7, 11) is 2.05. The molecule has 1 aromatic carbocycles. The first-order valence-electron chi connectivity index (χ1n) is 11.7. The predicted octanol–water partition coefficient (Wildman–Crippen LogP) is 3.46. The molecule has 0 amide bonds. The fraction of sp³-hybridized carbons (Fsp3) is 0.583. The van der Waals surface area contributed by atoms with Gasteiger partial charge in [-0.3, -0.25) is 4.90 Å². The normalized spacial score (nSPS) is 28.1. The summed E-state index contributed by atoms with van der Waals surface area (Å²) in [6.45, 7) is 5.75. The third kappa shape index (κ3) is 3.76. The van der Waals surface area contributed by atoms with E-state index in [1.54, 1.807) is 11.0 Å². The molecule has 1 aromatic heterocycles. The van der Waals surface area contributed by atoms with Crippen molar-refractivity contribution < 1.29 is 18.3 Å². The molecule has 4 heterocycles. The largest absolute Gasteiger partial charge is 0.504 e. The van der Waals surface area contributed by atoms with Crippen molar-refractivity contribution in [3.8, 4) is 17.0 Å². The maximum Gasteiger partial charge on any atom is 0.263 e. The molecular weight excluding hydrogens is 445 g/mol. The molecule has 2 saturated heterocycles. The first-order valence-corrected chi connectivity index (χ1v) is 11.7. The van der Waals surface area contributed by atoms with Crippen molar-refractivity contribution in [3.63, 3.8) is 0 Å². The third-order valence-corrected chi connectivity index (χ3v) is 7.79. The number of rotatable bonds is 4. The third-order valence-electron chi connectivity index (χ3n) is 7.79. The molecule has 2 fully saturated rings. The van der Waals surface area contributed by atoms with Crippen molar-refractivity contribution >= 4 is 11.5 Å². The van der Waals surface area contributed by atoms with Crippen LogP contribution in [0.25, 0.3) is 11.3 Å². The van der Waals surface area contributed by atoms with Crippen LogP contribution < -0.4 is 15.5 Å². The van der Waals surface area contributed by atoms with E-state index in [1.807, 2.05) is 7.05 Å². The highest BCUT2D eigenvalue weighted by Gasteiger charge is 2.56. The molecule has 0 radical (unpaired) electrons. The standard InChI is InChI=1S/C24H31F3N6O/c1-23(2)10-14(7-8-29-23)32(3)15-11-24(22(26)27)13-28-21-19(33(24)12-15)9-18(30-31-21)16-5-4-6-17(25)20(16)34/h4-6,9,14-15,22,29,34H,7-8,10-13H2,1-3H3,(H,28,31)/t14?,15-,24-/m1/s1. The minimum Gasteiger partial charge on any atom is -0.504 e. The van der Waals surface area contributed by atoms with Gasteiger partial charge in [-0.2, -0.15) is 0 Å². The minimum atomic E-state index is -2.57. The number of phenolic OH excluding ortho intramolecular Hbond substituents is 1. The number of halogens is 3. The fourth-order valence-corrected chi connectivity index (χ4v) is 5.83. The number of hydrogen-bond acceptors (Lipinski definition) is 7. The van der Waals surface area contributed by atoms with Gasteiger partial charge in [0.15, 0.2) is 17.4 Å². The molecule has 0 spiro atoms. The lowest BCUT2D eigenvalue weighted by molar-refractivity contribution is 0.0494. The number of aromatic hydroxyl groups is 1. The lowest BCUT2D eigenvalue weighted by atomic mass is 9.87. The van der Waals surface area contributed by atoms with Crippen LogP contribution in [0, 0.1) is 5.82 Å². The van der Waals surface area contributed by atoms with Crippen LogP contribution in [-0.4, -0.2) is 76.5 Å². The second-order valence-electron chi connectivity index (χ2n) is 10.4. The molecule has 3 aliphatic heterocycles. The fourth-order valence-electron chi connectivity index (χ4n) is 5.83. The molecule has 3 N–H and O–H groups in total. The van der Waals surface area contributed by atoms with Crippen LogP contribution in [0.2, 0.25) is 0 Å². The summed E-state index contributed by atoms with van der Waals surface area (Å²) in [5.74, 6) is -0.889. The van der Waals surface area contributed by atoms with E-state index in [2.05, 4.69) is 39.6 Å². The van der Waals surface area contributed by atoms with Gasteiger partial charge in [0.1, 0.15) is 5.54 Å². The van der Waals surface area contributed by atoms with E-state index in [9.17, 15) is 18.3 Å². The molecule has 3 atom stereocenters. The Kier molecular flexibility index (Phi) is 5.63. The monoisotopic (exact) mass is 476 g/mol. The van der Waals surface area contributed by atoms with Crippen LogP contribution in [0.4, 0.5) is 24.7 Å². The summed E-state index contributed by atoms with van der Waals surface area (Å²) in [4.78, 5) is 4.03. The molecule has 2 aromatic rings. The highest BCUT2D eigenvalue weighted by atomic mass is 19.3. The number of anilines is 2. The van der Waals surface area contributed by atoms with E-state index in [4.69, 9.17) is 0 Å². The number of hydrogen-bond donors (Lipinski definition) is 3. The zero-order chi connectivity index (χ0) is 24.3. The Hall–Kier alpha value is -2.59. The minimum absolute atomic E-state index is 0.00876. The number of phenols is 1. The molecule has 7 nitrogen and oxygen atoms in total. The van der Waals surface area contributed by atoms with Gasteiger partial charge in [0.25, 0.3) is 6.43 Å². The van der Waals surface area contributed by atoms with Gasteiger partial charge < -0.3 is 20.6 Å². The zero-order valence-electron chi connectivity index (χ0n) is 19.7. The average molecular weight is 477 g/mol.